The molecule has 0 spiro atoms. The molecule has 0 aliphatic rings. The molecule has 11 aromatic rings. The summed E-state index contributed by atoms with van der Waals surface area (Å²) in [6.07, 6.45) is 3.86. The lowest BCUT2D eigenvalue weighted by molar-refractivity contribution is 1.18. The van der Waals surface area contributed by atoms with Crippen LogP contribution in [0.2, 0.25) is 0 Å². The molecule has 0 atom stereocenters. The molecule has 11 rings (SSSR count). The maximum Gasteiger partial charge on any atom is 0.160 e. The lowest BCUT2D eigenvalue weighted by Gasteiger charge is -2.13. The van der Waals surface area contributed by atoms with Crippen molar-refractivity contribution in [3.05, 3.63) is 182 Å². The van der Waals surface area contributed by atoms with E-state index in [4.69, 9.17) is 15.0 Å². The Morgan fingerprint density at radius 3 is 1.80 bits per heavy atom. The van der Waals surface area contributed by atoms with Crippen LogP contribution in [0.3, 0.4) is 0 Å². The van der Waals surface area contributed by atoms with Crippen LogP contribution >= 0.6 is 11.3 Å². The van der Waals surface area contributed by atoms with Gasteiger partial charge < -0.3 is 0 Å². The average molecular weight is 719 g/mol. The fourth-order valence-electron chi connectivity index (χ4n) is 7.87. The molecule has 4 heterocycles. The molecule has 0 saturated heterocycles. The predicted octanol–water partition coefficient (Wildman–Crippen LogP) is 13.4. The molecule has 0 aliphatic heterocycles. The van der Waals surface area contributed by atoms with Crippen molar-refractivity contribution in [3.63, 3.8) is 0 Å². The first-order valence-corrected chi connectivity index (χ1v) is 19.2. The van der Waals surface area contributed by atoms with Crippen molar-refractivity contribution in [2.24, 2.45) is 0 Å². The number of benzene rings is 7. The summed E-state index contributed by atoms with van der Waals surface area (Å²) in [5, 5.41) is 7.11. The zero-order valence-electron chi connectivity index (χ0n) is 29.5. The van der Waals surface area contributed by atoms with Crippen molar-refractivity contribution in [2.45, 2.75) is 0 Å². The van der Waals surface area contributed by atoms with Gasteiger partial charge in [-0.25, -0.2) is 15.0 Å². The molecule has 55 heavy (non-hydrogen) atoms. The van der Waals surface area contributed by atoms with Crippen molar-refractivity contribution in [3.8, 4) is 56.2 Å². The number of hydrogen-bond donors (Lipinski definition) is 0. The van der Waals surface area contributed by atoms with E-state index >= 15 is 0 Å². The Morgan fingerprint density at radius 1 is 0.418 bits per heavy atom. The first kappa shape index (κ1) is 31.4. The van der Waals surface area contributed by atoms with Crippen LogP contribution in [0.4, 0.5) is 0 Å². The molecule has 0 radical (unpaired) electrons. The Hall–Kier alpha value is -7.08. The predicted molar refractivity (Wildman–Crippen MR) is 230 cm³/mol. The van der Waals surface area contributed by atoms with Gasteiger partial charge in [0.05, 0.1) is 27.1 Å². The number of thiophene rings is 1. The SMILES string of the molecule is c1ccc(-c2nc(-c3ccc(-c4cncc5ccccc45)cc3)cc(-c3ccc(-c4c5sc6ccccc6c5nc5ccc6ccccc6c45)cc3)n2)cc1. The third-order valence-corrected chi connectivity index (χ3v) is 11.8. The lowest BCUT2D eigenvalue weighted by atomic mass is 9.94. The summed E-state index contributed by atoms with van der Waals surface area (Å²) in [5.41, 5.74) is 11.4. The van der Waals surface area contributed by atoms with E-state index in [-0.39, 0.29) is 0 Å². The molecule has 256 valence electrons. The first-order chi connectivity index (χ1) is 27.2. The minimum atomic E-state index is 0.693. The molecule has 0 saturated carbocycles. The maximum atomic E-state index is 5.27. The Morgan fingerprint density at radius 2 is 1.04 bits per heavy atom. The van der Waals surface area contributed by atoms with Gasteiger partial charge in [0.1, 0.15) is 0 Å². The van der Waals surface area contributed by atoms with Gasteiger partial charge in [-0.15, -0.1) is 11.3 Å². The van der Waals surface area contributed by atoms with E-state index in [0.717, 1.165) is 61.2 Å². The van der Waals surface area contributed by atoms with Gasteiger partial charge in [0.15, 0.2) is 5.82 Å². The second-order valence-electron chi connectivity index (χ2n) is 13.8. The highest BCUT2D eigenvalue weighted by atomic mass is 32.1. The van der Waals surface area contributed by atoms with Crippen LogP contribution in [-0.4, -0.2) is 19.9 Å². The maximum absolute atomic E-state index is 5.27. The van der Waals surface area contributed by atoms with Gasteiger partial charge >= 0.3 is 0 Å². The van der Waals surface area contributed by atoms with E-state index in [1.807, 2.05) is 41.9 Å². The van der Waals surface area contributed by atoms with Crippen LogP contribution in [0.1, 0.15) is 0 Å². The fourth-order valence-corrected chi connectivity index (χ4v) is 9.09. The largest absolute Gasteiger partial charge is 0.263 e. The van der Waals surface area contributed by atoms with Gasteiger partial charge in [-0.1, -0.05) is 152 Å². The molecule has 4 aromatic heterocycles. The molecule has 0 aliphatic carbocycles. The Bertz CT molecular complexity index is 3240. The topological polar surface area (TPSA) is 51.6 Å². The van der Waals surface area contributed by atoms with Crippen molar-refractivity contribution in [1.82, 2.24) is 19.9 Å². The standard InChI is InChI=1S/C50H30N4S/c1-2-11-36(12-3-1)50-53-43(33-20-18-32(19-21-33)41-30-51-29-37-13-5-6-14-38(37)41)28-44(54-50)34-22-24-35(25-23-34)46-47-39-15-7-4-10-31(39)26-27-42(47)52-48-40-16-8-9-17-45(40)55-49(46)48/h1-30H. The summed E-state index contributed by atoms with van der Waals surface area (Å²) in [6, 6.07) is 59.8. The average Bonchev–Trinajstić information content (AvgIpc) is 3.64. The normalized spacial score (nSPS) is 11.6. The highest BCUT2D eigenvalue weighted by Gasteiger charge is 2.19. The van der Waals surface area contributed by atoms with Crippen LogP contribution in [0.15, 0.2) is 182 Å². The van der Waals surface area contributed by atoms with Crippen molar-refractivity contribution in [2.75, 3.05) is 0 Å². The van der Waals surface area contributed by atoms with E-state index < -0.39 is 0 Å². The van der Waals surface area contributed by atoms with Gasteiger partial charge in [-0.3, -0.25) is 4.98 Å². The highest BCUT2D eigenvalue weighted by Crippen LogP contribution is 2.45. The molecule has 4 nitrogen and oxygen atoms in total. The van der Waals surface area contributed by atoms with Crippen molar-refractivity contribution >= 4 is 64.1 Å². The van der Waals surface area contributed by atoms with Gasteiger partial charge in [0, 0.05) is 61.1 Å². The van der Waals surface area contributed by atoms with E-state index in [9.17, 15) is 0 Å². The van der Waals surface area contributed by atoms with Crippen LogP contribution in [0.5, 0.6) is 0 Å². The van der Waals surface area contributed by atoms with Crippen LogP contribution in [0.25, 0.3) is 109 Å². The molecular formula is C50H30N4S. The van der Waals surface area contributed by atoms with Crippen LogP contribution in [-0.2, 0) is 0 Å². The molecule has 0 unspecified atom stereocenters. The number of pyridine rings is 2. The smallest absolute Gasteiger partial charge is 0.160 e. The molecular weight excluding hydrogens is 689 g/mol. The summed E-state index contributed by atoms with van der Waals surface area (Å²) in [6.45, 7) is 0. The number of hydrogen-bond acceptors (Lipinski definition) is 5. The van der Waals surface area contributed by atoms with Crippen LogP contribution < -0.4 is 0 Å². The highest BCUT2D eigenvalue weighted by molar-refractivity contribution is 7.26. The third-order valence-electron chi connectivity index (χ3n) is 10.6. The second-order valence-corrected chi connectivity index (χ2v) is 14.9. The summed E-state index contributed by atoms with van der Waals surface area (Å²) < 4.78 is 2.45. The summed E-state index contributed by atoms with van der Waals surface area (Å²) in [5.74, 6) is 0.693. The zero-order valence-corrected chi connectivity index (χ0v) is 30.3. The quantitative estimate of drug-likeness (QED) is 0.166. The van der Waals surface area contributed by atoms with Gasteiger partial charge in [0.25, 0.3) is 0 Å². The Kier molecular flexibility index (Phi) is 7.32. The first-order valence-electron chi connectivity index (χ1n) is 18.4. The van der Waals surface area contributed by atoms with E-state index in [1.165, 1.54) is 41.9 Å². The summed E-state index contributed by atoms with van der Waals surface area (Å²) in [4.78, 5) is 20.0. The number of fused-ring (bicyclic) bond motifs is 7. The van der Waals surface area contributed by atoms with E-state index in [0.29, 0.717) is 5.82 Å². The number of rotatable bonds is 5. The Balaban J connectivity index is 1.05. The fraction of sp³-hybridized carbons (Fsp3) is 0. The second kappa shape index (κ2) is 12.8. The van der Waals surface area contributed by atoms with Gasteiger partial charge in [-0.05, 0) is 45.5 Å². The zero-order chi connectivity index (χ0) is 36.3. The Labute approximate surface area is 321 Å². The summed E-state index contributed by atoms with van der Waals surface area (Å²) >= 11 is 1.82. The van der Waals surface area contributed by atoms with Crippen molar-refractivity contribution in [1.29, 1.82) is 0 Å². The van der Waals surface area contributed by atoms with Crippen molar-refractivity contribution < 1.29 is 0 Å². The van der Waals surface area contributed by atoms with Gasteiger partial charge in [0.2, 0.25) is 0 Å². The van der Waals surface area contributed by atoms with E-state index in [2.05, 4.69) is 157 Å². The van der Waals surface area contributed by atoms with E-state index in [1.54, 1.807) is 0 Å². The van der Waals surface area contributed by atoms with Crippen LogP contribution in [0, 0.1) is 0 Å². The molecule has 7 aromatic carbocycles. The lowest BCUT2D eigenvalue weighted by Crippen LogP contribution is -1.96. The molecule has 0 amide bonds. The molecule has 0 fully saturated rings. The van der Waals surface area contributed by atoms with Gasteiger partial charge in [-0.2, -0.15) is 0 Å². The number of aromatic nitrogens is 4. The minimum Gasteiger partial charge on any atom is -0.263 e. The third kappa shape index (κ3) is 5.36. The minimum absolute atomic E-state index is 0.693. The summed E-state index contributed by atoms with van der Waals surface area (Å²) in [7, 11) is 0. The molecule has 5 heteroatoms. The monoisotopic (exact) mass is 718 g/mol. The molecule has 0 N–H and O–H groups in total. The molecule has 0 bridgehead atoms. The number of nitrogens with zero attached hydrogens (tertiary/aromatic N) is 4.